The topological polar surface area (TPSA) is 81.7 Å². The minimum Gasteiger partial charge on any atom is -0.460 e. The average molecular weight is 409 g/mol. The van der Waals surface area contributed by atoms with E-state index in [-0.39, 0.29) is 18.8 Å². The number of hydrogen-bond acceptors (Lipinski definition) is 5. The number of rotatable bonds is 8. The molecule has 1 amide bonds. The molecule has 0 fully saturated rings. The summed E-state index contributed by atoms with van der Waals surface area (Å²) in [5.74, 6) is -0.725. The van der Waals surface area contributed by atoms with E-state index in [0.29, 0.717) is 5.56 Å². The maximum Gasteiger partial charge on any atom is 0.407 e. The van der Waals surface area contributed by atoms with Gasteiger partial charge in [-0.05, 0) is 32.4 Å². The molecule has 158 valence electrons. The number of carbonyl (C=O) groups excluding carboxylic acids is 3. The summed E-state index contributed by atoms with van der Waals surface area (Å²) < 4.78 is 10.5. The highest BCUT2D eigenvalue weighted by Crippen LogP contribution is 2.11. The van der Waals surface area contributed by atoms with Gasteiger partial charge in [0.2, 0.25) is 0 Å². The molecule has 2 aromatic carbocycles. The highest BCUT2D eigenvalue weighted by atomic mass is 16.6. The molecule has 0 saturated carbocycles. The van der Waals surface area contributed by atoms with E-state index in [1.54, 1.807) is 45.0 Å². The quantitative estimate of drug-likeness (QED) is 0.396. The number of nitrogens with one attached hydrogen (secondary N) is 1. The lowest BCUT2D eigenvalue weighted by Gasteiger charge is -2.21. The molecule has 0 spiro atoms. The van der Waals surface area contributed by atoms with Gasteiger partial charge in [0.05, 0.1) is 12.5 Å². The maximum absolute atomic E-state index is 12.3. The Hall–Kier alpha value is -3.41. The van der Waals surface area contributed by atoms with E-state index in [1.165, 1.54) is 12.2 Å². The standard InChI is InChI=1S/C24H27NO5/c1-24(2,3)30-22(27)16-20(14-15-21(26)19-12-8-5-9-13-19)25-23(28)29-17-18-10-6-4-7-11-18/h4-15,20H,16-17H2,1-3H3,(H,25,28)/b15-14+/t20-/m1/s1. The van der Waals surface area contributed by atoms with Gasteiger partial charge in [-0.3, -0.25) is 9.59 Å². The van der Waals surface area contributed by atoms with Crippen LogP contribution in [0.3, 0.4) is 0 Å². The molecule has 0 aromatic heterocycles. The van der Waals surface area contributed by atoms with Crippen LogP contribution in [-0.4, -0.2) is 29.5 Å². The van der Waals surface area contributed by atoms with Crippen LogP contribution in [0.1, 0.15) is 43.1 Å². The summed E-state index contributed by atoms with van der Waals surface area (Å²) in [6, 6.07) is 17.2. The molecule has 2 rings (SSSR count). The van der Waals surface area contributed by atoms with E-state index in [2.05, 4.69) is 5.32 Å². The van der Waals surface area contributed by atoms with E-state index in [9.17, 15) is 14.4 Å². The van der Waals surface area contributed by atoms with Gasteiger partial charge in [0.25, 0.3) is 0 Å². The molecule has 0 saturated heterocycles. The van der Waals surface area contributed by atoms with Gasteiger partial charge in [0, 0.05) is 5.56 Å². The summed E-state index contributed by atoms with van der Waals surface area (Å²) in [5, 5.41) is 2.61. The number of carbonyl (C=O) groups is 3. The van der Waals surface area contributed by atoms with Gasteiger partial charge >= 0.3 is 12.1 Å². The van der Waals surface area contributed by atoms with Crippen LogP contribution in [-0.2, 0) is 20.9 Å². The molecule has 0 radical (unpaired) electrons. The molecule has 1 N–H and O–H groups in total. The molecule has 0 aliphatic rings. The predicted octanol–water partition coefficient (Wildman–Crippen LogP) is 4.45. The summed E-state index contributed by atoms with van der Waals surface area (Å²) in [5.41, 5.74) is 0.696. The van der Waals surface area contributed by atoms with E-state index < -0.39 is 23.7 Å². The molecule has 6 nitrogen and oxygen atoms in total. The third-order valence-corrected chi connectivity index (χ3v) is 3.86. The highest BCUT2D eigenvalue weighted by molar-refractivity contribution is 6.04. The number of alkyl carbamates (subject to hydrolysis) is 1. The average Bonchev–Trinajstić information content (AvgIpc) is 2.70. The Morgan fingerprint density at radius 1 is 0.967 bits per heavy atom. The van der Waals surface area contributed by atoms with Crippen LogP contribution in [0.5, 0.6) is 0 Å². The first-order valence-corrected chi connectivity index (χ1v) is 9.69. The van der Waals surface area contributed by atoms with Crippen LogP contribution >= 0.6 is 0 Å². The van der Waals surface area contributed by atoms with Crippen LogP contribution in [0.2, 0.25) is 0 Å². The lowest BCUT2D eigenvalue weighted by atomic mass is 10.1. The molecule has 2 aromatic rings. The zero-order valence-electron chi connectivity index (χ0n) is 17.5. The summed E-state index contributed by atoms with van der Waals surface area (Å²) >= 11 is 0. The number of ether oxygens (including phenoxy) is 2. The summed E-state index contributed by atoms with van der Waals surface area (Å²) in [7, 11) is 0. The van der Waals surface area contributed by atoms with Gasteiger partial charge in [0.15, 0.2) is 5.78 Å². The number of ketones is 1. The molecule has 0 aliphatic heterocycles. The third-order valence-electron chi connectivity index (χ3n) is 3.86. The zero-order valence-corrected chi connectivity index (χ0v) is 17.5. The van der Waals surface area contributed by atoms with Crippen LogP contribution in [0.15, 0.2) is 72.8 Å². The smallest absolute Gasteiger partial charge is 0.407 e. The zero-order chi connectivity index (χ0) is 22.0. The minimum atomic E-state index is -0.754. The minimum absolute atomic E-state index is 0.0957. The molecular weight excluding hydrogens is 382 g/mol. The second-order valence-corrected chi connectivity index (χ2v) is 7.69. The highest BCUT2D eigenvalue weighted by Gasteiger charge is 2.21. The van der Waals surface area contributed by atoms with E-state index >= 15 is 0 Å². The summed E-state index contributed by atoms with van der Waals surface area (Å²) in [6.45, 7) is 5.38. The van der Waals surface area contributed by atoms with Crippen molar-refractivity contribution in [3.05, 3.63) is 83.9 Å². The first kappa shape index (κ1) is 22.9. The number of allylic oxidation sites excluding steroid dienone is 1. The Balaban J connectivity index is 2.02. The first-order chi connectivity index (χ1) is 14.2. The van der Waals surface area contributed by atoms with Crippen molar-refractivity contribution in [2.75, 3.05) is 0 Å². The largest absolute Gasteiger partial charge is 0.460 e. The van der Waals surface area contributed by atoms with Crippen molar-refractivity contribution in [1.29, 1.82) is 0 Å². The van der Waals surface area contributed by atoms with Crippen molar-refractivity contribution in [2.45, 2.75) is 45.4 Å². The normalized spacial score (nSPS) is 12.2. The fourth-order valence-corrected chi connectivity index (χ4v) is 2.55. The van der Waals surface area contributed by atoms with Crippen molar-refractivity contribution in [3.63, 3.8) is 0 Å². The fraction of sp³-hybridized carbons (Fsp3) is 0.292. The Kier molecular flexibility index (Phi) is 8.35. The van der Waals surface area contributed by atoms with Crippen molar-refractivity contribution >= 4 is 17.8 Å². The van der Waals surface area contributed by atoms with Crippen LogP contribution in [0, 0.1) is 0 Å². The molecule has 1 atom stereocenters. The third kappa shape index (κ3) is 8.73. The molecule has 30 heavy (non-hydrogen) atoms. The van der Waals surface area contributed by atoms with Crippen LogP contribution in [0.25, 0.3) is 0 Å². The van der Waals surface area contributed by atoms with Crippen LogP contribution < -0.4 is 5.32 Å². The van der Waals surface area contributed by atoms with E-state index in [4.69, 9.17) is 9.47 Å². The molecular formula is C24H27NO5. The maximum atomic E-state index is 12.3. The molecule has 0 heterocycles. The number of hydrogen-bond donors (Lipinski definition) is 1. The van der Waals surface area contributed by atoms with E-state index in [1.807, 2.05) is 36.4 Å². The molecule has 6 heteroatoms. The summed E-state index contributed by atoms with van der Waals surface area (Å²) in [6.07, 6.45) is 1.99. The lowest BCUT2D eigenvalue weighted by Crippen LogP contribution is -2.37. The fourth-order valence-electron chi connectivity index (χ4n) is 2.55. The lowest BCUT2D eigenvalue weighted by molar-refractivity contribution is -0.155. The van der Waals surface area contributed by atoms with Gasteiger partial charge in [-0.1, -0.05) is 66.7 Å². The van der Waals surface area contributed by atoms with Crippen molar-refractivity contribution in [2.24, 2.45) is 0 Å². The Labute approximate surface area is 176 Å². The Bertz CT molecular complexity index is 869. The van der Waals surface area contributed by atoms with E-state index in [0.717, 1.165) is 5.56 Å². The number of esters is 1. The van der Waals surface area contributed by atoms with Crippen LogP contribution in [0.4, 0.5) is 4.79 Å². The van der Waals surface area contributed by atoms with Gasteiger partial charge in [-0.2, -0.15) is 0 Å². The van der Waals surface area contributed by atoms with Gasteiger partial charge in [0.1, 0.15) is 12.2 Å². The molecule has 0 aliphatic carbocycles. The van der Waals surface area contributed by atoms with Crippen molar-refractivity contribution in [3.8, 4) is 0 Å². The predicted molar refractivity (Wildman–Crippen MR) is 114 cm³/mol. The first-order valence-electron chi connectivity index (χ1n) is 9.69. The van der Waals surface area contributed by atoms with Gasteiger partial charge in [-0.25, -0.2) is 4.79 Å². The Morgan fingerprint density at radius 2 is 1.57 bits per heavy atom. The van der Waals surface area contributed by atoms with Gasteiger partial charge in [-0.15, -0.1) is 0 Å². The number of benzene rings is 2. The van der Waals surface area contributed by atoms with Gasteiger partial charge < -0.3 is 14.8 Å². The molecule has 0 unspecified atom stereocenters. The second kappa shape index (κ2) is 11.0. The Morgan fingerprint density at radius 3 is 2.17 bits per heavy atom. The van der Waals surface area contributed by atoms with Crippen molar-refractivity contribution in [1.82, 2.24) is 5.32 Å². The molecule has 0 bridgehead atoms. The second-order valence-electron chi connectivity index (χ2n) is 7.69. The van der Waals surface area contributed by atoms with Crippen molar-refractivity contribution < 1.29 is 23.9 Å². The number of amides is 1. The monoisotopic (exact) mass is 409 g/mol. The summed E-state index contributed by atoms with van der Waals surface area (Å²) in [4.78, 5) is 36.7. The SMILES string of the molecule is CC(C)(C)OC(=O)C[C@@H](/C=C/C(=O)c1ccccc1)NC(=O)OCc1ccccc1.